The summed E-state index contributed by atoms with van der Waals surface area (Å²) in [6, 6.07) is 0. The molecule has 84 valence electrons. The molecule has 0 aliphatic heterocycles. The van der Waals surface area contributed by atoms with Crippen LogP contribution in [0, 0.1) is 5.92 Å². The molecule has 0 heterocycles. The third-order valence-corrected chi connectivity index (χ3v) is 3.19. The molecule has 0 saturated carbocycles. The van der Waals surface area contributed by atoms with Crippen LogP contribution >= 0.6 is 0 Å². The molecule has 2 unspecified atom stereocenters. The molecule has 0 radical (unpaired) electrons. The second-order valence-electron chi connectivity index (χ2n) is 5.13. The lowest BCUT2D eigenvalue weighted by Gasteiger charge is -2.26. The minimum atomic E-state index is -1.40. The first kappa shape index (κ1) is 13.9. The van der Waals surface area contributed by atoms with Gasteiger partial charge in [0.05, 0.1) is 6.10 Å². The van der Waals surface area contributed by atoms with Gasteiger partial charge in [-0.05, 0) is 32.0 Å². The molecular weight excluding hydrogens is 188 g/mol. The van der Waals surface area contributed by atoms with Crippen molar-refractivity contribution in [2.45, 2.75) is 58.9 Å². The Kier molecular flexibility index (Phi) is 6.37. The summed E-state index contributed by atoms with van der Waals surface area (Å²) in [5.74, 6) is 0.749. The van der Waals surface area contributed by atoms with Gasteiger partial charge in [0.2, 0.25) is 0 Å². The standard InChI is InChI=1S/C12H26OSi/c1-7-9-11(3)10-12(8-2)13-14(4,5)6/h8,11-12H,2,7,9-10H2,1,3-6H3. The molecule has 0 N–H and O–H groups in total. The first-order valence-electron chi connectivity index (χ1n) is 5.69. The lowest BCUT2D eigenvalue weighted by atomic mass is 9.99. The fourth-order valence-electron chi connectivity index (χ4n) is 1.65. The zero-order chi connectivity index (χ0) is 11.2. The van der Waals surface area contributed by atoms with Crippen LogP contribution in [0.4, 0.5) is 0 Å². The van der Waals surface area contributed by atoms with Crippen LogP contribution in [0.1, 0.15) is 33.1 Å². The minimum absolute atomic E-state index is 0.267. The molecule has 0 aliphatic carbocycles. The average Bonchev–Trinajstić information content (AvgIpc) is 2.01. The van der Waals surface area contributed by atoms with Crippen LogP contribution in [-0.4, -0.2) is 14.4 Å². The Balaban J connectivity index is 3.96. The summed E-state index contributed by atoms with van der Waals surface area (Å²) < 4.78 is 6.02. The fraction of sp³-hybridized carbons (Fsp3) is 0.833. The van der Waals surface area contributed by atoms with E-state index in [0.717, 1.165) is 12.3 Å². The van der Waals surface area contributed by atoms with E-state index in [1.54, 1.807) is 0 Å². The molecule has 0 aromatic carbocycles. The number of rotatable bonds is 7. The highest BCUT2D eigenvalue weighted by Crippen LogP contribution is 2.18. The first-order chi connectivity index (χ1) is 6.39. The Morgan fingerprint density at radius 2 is 1.93 bits per heavy atom. The maximum atomic E-state index is 6.02. The van der Waals surface area contributed by atoms with Gasteiger partial charge in [0.15, 0.2) is 8.32 Å². The Labute approximate surface area is 90.7 Å². The maximum absolute atomic E-state index is 6.02. The van der Waals surface area contributed by atoms with Gasteiger partial charge in [0, 0.05) is 0 Å². The van der Waals surface area contributed by atoms with Crippen molar-refractivity contribution in [3.05, 3.63) is 12.7 Å². The van der Waals surface area contributed by atoms with Gasteiger partial charge in [-0.1, -0.05) is 32.8 Å². The van der Waals surface area contributed by atoms with Gasteiger partial charge in [-0.15, -0.1) is 6.58 Å². The molecule has 0 rings (SSSR count). The van der Waals surface area contributed by atoms with Crippen molar-refractivity contribution in [2.75, 3.05) is 0 Å². The smallest absolute Gasteiger partial charge is 0.184 e. The summed E-state index contributed by atoms with van der Waals surface area (Å²) in [6.07, 6.45) is 5.91. The zero-order valence-electron chi connectivity index (χ0n) is 10.5. The van der Waals surface area contributed by atoms with Crippen molar-refractivity contribution in [1.29, 1.82) is 0 Å². The van der Waals surface area contributed by atoms with Crippen molar-refractivity contribution < 1.29 is 4.43 Å². The first-order valence-corrected chi connectivity index (χ1v) is 9.10. The van der Waals surface area contributed by atoms with E-state index in [1.165, 1.54) is 12.8 Å². The summed E-state index contributed by atoms with van der Waals surface area (Å²) in [4.78, 5) is 0. The largest absolute Gasteiger partial charge is 0.411 e. The minimum Gasteiger partial charge on any atom is -0.411 e. The van der Waals surface area contributed by atoms with Crippen LogP contribution in [0.15, 0.2) is 12.7 Å². The molecular formula is C12H26OSi. The van der Waals surface area contributed by atoms with Crippen LogP contribution in [0.25, 0.3) is 0 Å². The Morgan fingerprint density at radius 3 is 2.29 bits per heavy atom. The molecule has 0 fully saturated rings. The molecule has 0 saturated heterocycles. The molecule has 0 aromatic heterocycles. The monoisotopic (exact) mass is 214 g/mol. The predicted molar refractivity (Wildman–Crippen MR) is 67.1 cm³/mol. The second kappa shape index (κ2) is 6.41. The highest BCUT2D eigenvalue weighted by atomic mass is 28.4. The van der Waals surface area contributed by atoms with Crippen molar-refractivity contribution in [3.8, 4) is 0 Å². The number of hydrogen-bond donors (Lipinski definition) is 0. The molecule has 1 nitrogen and oxygen atoms in total. The van der Waals surface area contributed by atoms with Crippen LogP contribution in [0.2, 0.25) is 19.6 Å². The molecule has 14 heavy (non-hydrogen) atoms. The fourth-order valence-corrected chi connectivity index (χ4v) is 2.75. The van der Waals surface area contributed by atoms with E-state index in [9.17, 15) is 0 Å². The summed E-state index contributed by atoms with van der Waals surface area (Å²) >= 11 is 0. The Hall–Kier alpha value is -0.0831. The van der Waals surface area contributed by atoms with Crippen LogP contribution in [0.3, 0.4) is 0 Å². The molecule has 0 aliphatic rings. The molecule has 2 atom stereocenters. The lowest BCUT2D eigenvalue weighted by Crippen LogP contribution is -2.31. The highest BCUT2D eigenvalue weighted by molar-refractivity contribution is 6.69. The topological polar surface area (TPSA) is 9.23 Å². The van der Waals surface area contributed by atoms with Gasteiger partial charge in [0.1, 0.15) is 0 Å². The summed E-state index contributed by atoms with van der Waals surface area (Å²) in [7, 11) is -1.40. The third kappa shape index (κ3) is 7.33. The molecule has 0 bridgehead atoms. The van der Waals surface area contributed by atoms with E-state index in [2.05, 4.69) is 40.1 Å². The Bertz CT molecular complexity index is 160. The van der Waals surface area contributed by atoms with E-state index in [1.807, 2.05) is 6.08 Å². The van der Waals surface area contributed by atoms with Crippen LogP contribution < -0.4 is 0 Å². The van der Waals surface area contributed by atoms with Gasteiger partial charge in [-0.2, -0.15) is 0 Å². The molecule has 0 spiro atoms. The summed E-state index contributed by atoms with van der Waals surface area (Å²) in [6.45, 7) is 15.1. The number of hydrogen-bond acceptors (Lipinski definition) is 1. The van der Waals surface area contributed by atoms with Crippen LogP contribution in [0.5, 0.6) is 0 Å². The highest BCUT2D eigenvalue weighted by Gasteiger charge is 2.20. The second-order valence-corrected chi connectivity index (χ2v) is 9.59. The average molecular weight is 214 g/mol. The van der Waals surface area contributed by atoms with E-state index in [-0.39, 0.29) is 6.10 Å². The van der Waals surface area contributed by atoms with E-state index in [4.69, 9.17) is 4.43 Å². The Morgan fingerprint density at radius 1 is 1.36 bits per heavy atom. The van der Waals surface area contributed by atoms with Gasteiger partial charge in [-0.3, -0.25) is 0 Å². The predicted octanol–water partition coefficient (Wildman–Crippen LogP) is 4.22. The van der Waals surface area contributed by atoms with Crippen molar-refractivity contribution in [2.24, 2.45) is 5.92 Å². The normalized spacial score (nSPS) is 16.4. The van der Waals surface area contributed by atoms with Crippen molar-refractivity contribution in [1.82, 2.24) is 0 Å². The zero-order valence-corrected chi connectivity index (χ0v) is 11.5. The summed E-state index contributed by atoms with van der Waals surface area (Å²) in [5.41, 5.74) is 0. The molecule has 0 amide bonds. The van der Waals surface area contributed by atoms with E-state index < -0.39 is 8.32 Å². The van der Waals surface area contributed by atoms with Gasteiger partial charge < -0.3 is 4.43 Å². The van der Waals surface area contributed by atoms with Gasteiger partial charge in [-0.25, -0.2) is 0 Å². The van der Waals surface area contributed by atoms with Crippen molar-refractivity contribution >= 4 is 8.32 Å². The quantitative estimate of drug-likeness (QED) is 0.455. The maximum Gasteiger partial charge on any atom is 0.184 e. The van der Waals surface area contributed by atoms with Crippen molar-refractivity contribution in [3.63, 3.8) is 0 Å². The van der Waals surface area contributed by atoms with Gasteiger partial charge >= 0.3 is 0 Å². The van der Waals surface area contributed by atoms with Crippen LogP contribution in [-0.2, 0) is 4.43 Å². The van der Waals surface area contributed by atoms with E-state index >= 15 is 0 Å². The van der Waals surface area contributed by atoms with E-state index in [0.29, 0.717) is 0 Å². The SMILES string of the molecule is C=CC(CC(C)CCC)O[Si](C)(C)C. The molecule has 0 aromatic rings. The van der Waals surface area contributed by atoms with Gasteiger partial charge in [0.25, 0.3) is 0 Å². The lowest BCUT2D eigenvalue weighted by molar-refractivity contribution is 0.205. The molecule has 2 heteroatoms. The summed E-state index contributed by atoms with van der Waals surface area (Å²) in [5, 5.41) is 0. The third-order valence-electron chi connectivity index (χ3n) is 2.18.